The average molecular weight is 237 g/mol. The fraction of sp³-hybridized carbons (Fsp3) is 0.300. The molecule has 84 valence electrons. The number of likely N-dealkylation sites (N-methyl/N-ethyl adjacent to an activating group) is 1. The number of aliphatic carboxylic acids is 1. The lowest BCUT2D eigenvalue weighted by Gasteiger charge is -2.15. The molecule has 2 rings (SSSR count). The molecule has 6 heteroatoms. The van der Waals surface area contributed by atoms with Crippen LogP contribution in [0.25, 0.3) is 10.2 Å². The molecule has 2 aromatic heterocycles. The van der Waals surface area contributed by atoms with Gasteiger partial charge in [-0.1, -0.05) is 0 Å². The fourth-order valence-electron chi connectivity index (χ4n) is 1.51. The van der Waals surface area contributed by atoms with Gasteiger partial charge in [0.1, 0.15) is 18.7 Å². The lowest BCUT2D eigenvalue weighted by molar-refractivity contribution is -0.135. The van der Waals surface area contributed by atoms with Crippen LogP contribution >= 0.6 is 11.3 Å². The van der Waals surface area contributed by atoms with Crippen molar-refractivity contribution < 1.29 is 9.90 Å². The number of hydrogen-bond acceptors (Lipinski definition) is 5. The highest BCUT2D eigenvalue weighted by atomic mass is 32.1. The zero-order chi connectivity index (χ0) is 11.7. The van der Waals surface area contributed by atoms with E-state index in [4.69, 9.17) is 5.11 Å². The summed E-state index contributed by atoms with van der Waals surface area (Å²) in [5.74, 6) is -0.201. The Morgan fingerprint density at radius 3 is 3.00 bits per heavy atom. The highest BCUT2D eigenvalue weighted by Gasteiger charge is 2.13. The summed E-state index contributed by atoms with van der Waals surface area (Å²) in [7, 11) is 1.71. The van der Waals surface area contributed by atoms with Gasteiger partial charge >= 0.3 is 5.97 Å². The minimum atomic E-state index is -0.873. The van der Waals surface area contributed by atoms with Crippen LogP contribution in [0.2, 0.25) is 0 Å². The summed E-state index contributed by atoms with van der Waals surface area (Å²) in [6.45, 7) is 1.91. The minimum Gasteiger partial charge on any atom is -0.480 e. The van der Waals surface area contributed by atoms with Crippen molar-refractivity contribution in [3.63, 3.8) is 0 Å². The van der Waals surface area contributed by atoms with Gasteiger partial charge in [0.15, 0.2) is 0 Å². The van der Waals surface area contributed by atoms with Gasteiger partial charge in [0.05, 0.1) is 10.2 Å². The van der Waals surface area contributed by atoms with Gasteiger partial charge in [0.2, 0.25) is 0 Å². The van der Waals surface area contributed by atoms with Crippen molar-refractivity contribution in [1.82, 2.24) is 9.97 Å². The number of hydrogen-bond donors (Lipinski definition) is 1. The molecule has 0 spiro atoms. The third-order valence-corrected chi connectivity index (χ3v) is 3.33. The predicted octanol–water partition coefficient (Wildman–Crippen LogP) is 1.52. The van der Waals surface area contributed by atoms with Crippen LogP contribution in [0.3, 0.4) is 0 Å². The first-order valence-electron chi connectivity index (χ1n) is 4.71. The van der Waals surface area contributed by atoms with Gasteiger partial charge in [0.25, 0.3) is 0 Å². The van der Waals surface area contributed by atoms with E-state index < -0.39 is 5.97 Å². The number of carboxylic acid groups (broad SMARTS) is 1. The van der Waals surface area contributed by atoms with E-state index in [0.717, 1.165) is 15.8 Å². The van der Waals surface area contributed by atoms with Gasteiger partial charge < -0.3 is 10.0 Å². The predicted molar refractivity (Wildman–Crippen MR) is 63.1 cm³/mol. The van der Waals surface area contributed by atoms with Gasteiger partial charge in [-0.05, 0) is 17.9 Å². The van der Waals surface area contributed by atoms with Crippen molar-refractivity contribution >= 4 is 33.3 Å². The zero-order valence-electron chi connectivity index (χ0n) is 8.97. The van der Waals surface area contributed by atoms with E-state index in [9.17, 15) is 4.79 Å². The van der Waals surface area contributed by atoms with Gasteiger partial charge in [-0.2, -0.15) is 0 Å². The van der Waals surface area contributed by atoms with Crippen LogP contribution in [0, 0.1) is 6.92 Å². The Morgan fingerprint density at radius 2 is 2.31 bits per heavy atom. The number of carbonyl (C=O) groups is 1. The highest BCUT2D eigenvalue weighted by molar-refractivity contribution is 7.18. The molecule has 0 radical (unpaired) electrons. The van der Waals surface area contributed by atoms with E-state index >= 15 is 0 Å². The monoisotopic (exact) mass is 237 g/mol. The van der Waals surface area contributed by atoms with Crippen molar-refractivity contribution in [2.75, 3.05) is 18.5 Å². The number of nitrogens with zero attached hydrogens (tertiary/aromatic N) is 3. The van der Waals surface area contributed by atoms with Crippen LogP contribution in [0.4, 0.5) is 5.82 Å². The molecule has 16 heavy (non-hydrogen) atoms. The Morgan fingerprint density at radius 1 is 1.56 bits per heavy atom. The number of fused-ring (bicyclic) bond motifs is 1. The molecule has 0 aliphatic heterocycles. The lowest BCUT2D eigenvalue weighted by Crippen LogP contribution is -2.26. The van der Waals surface area contributed by atoms with Crippen molar-refractivity contribution in [3.05, 3.63) is 17.3 Å². The van der Waals surface area contributed by atoms with Crippen LogP contribution in [-0.2, 0) is 4.79 Å². The number of aromatic nitrogens is 2. The van der Waals surface area contributed by atoms with Crippen LogP contribution in [0.1, 0.15) is 5.56 Å². The molecule has 0 saturated heterocycles. The Balaban J connectivity index is 2.48. The summed E-state index contributed by atoms with van der Waals surface area (Å²) in [6, 6.07) is 0. The smallest absolute Gasteiger partial charge is 0.323 e. The van der Waals surface area contributed by atoms with Gasteiger partial charge in [-0.25, -0.2) is 9.97 Å². The Bertz CT molecular complexity index is 538. The molecule has 0 saturated carbocycles. The third-order valence-electron chi connectivity index (χ3n) is 2.25. The highest BCUT2D eigenvalue weighted by Crippen LogP contribution is 2.29. The molecule has 0 atom stereocenters. The SMILES string of the molecule is Cc1csc2c(N(C)CC(=O)O)ncnc12. The van der Waals surface area contributed by atoms with Gasteiger partial charge in [-0.15, -0.1) is 11.3 Å². The van der Waals surface area contributed by atoms with Crippen LogP contribution in [0.15, 0.2) is 11.7 Å². The molecular formula is C10H11N3O2S. The molecule has 0 fully saturated rings. The lowest BCUT2D eigenvalue weighted by atomic mass is 10.3. The molecule has 0 aliphatic carbocycles. The van der Waals surface area contributed by atoms with E-state index in [2.05, 4.69) is 9.97 Å². The van der Waals surface area contributed by atoms with E-state index in [1.54, 1.807) is 11.9 Å². The van der Waals surface area contributed by atoms with Gasteiger partial charge in [0, 0.05) is 7.05 Å². The second kappa shape index (κ2) is 4.05. The molecular weight excluding hydrogens is 226 g/mol. The van der Waals surface area contributed by atoms with Crippen LogP contribution in [0.5, 0.6) is 0 Å². The maximum Gasteiger partial charge on any atom is 0.323 e. The first-order chi connectivity index (χ1) is 7.59. The van der Waals surface area contributed by atoms with E-state index in [1.165, 1.54) is 17.7 Å². The van der Waals surface area contributed by atoms with E-state index in [-0.39, 0.29) is 6.54 Å². The summed E-state index contributed by atoms with van der Waals surface area (Å²) >= 11 is 1.54. The number of aryl methyl sites for hydroxylation is 1. The summed E-state index contributed by atoms with van der Waals surface area (Å²) in [5.41, 5.74) is 1.99. The maximum absolute atomic E-state index is 10.6. The molecule has 1 N–H and O–H groups in total. The Labute approximate surface area is 96.4 Å². The van der Waals surface area contributed by atoms with Crippen molar-refractivity contribution in [1.29, 1.82) is 0 Å². The fourth-order valence-corrected chi connectivity index (χ4v) is 2.55. The topological polar surface area (TPSA) is 66.3 Å². The molecule has 2 aromatic rings. The minimum absolute atomic E-state index is 0.0664. The first kappa shape index (κ1) is 10.8. The van der Waals surface area contributed by atoms with Crippen molar-refractivity contribution in [3.8, 4) is 0 Å². The Kier molecular flexibility index (Phi) is 2.74. The molecule has 0 aliphatic rings. The quantitative estimate of drug-likeness (QED) is 0.876. The third kappa shape index (κ3) is 1.83. The molecule has 5 nitrogen and oxygen atoms in total. The number of anilines is 1. The second-order valence-electron chi connectivity index (χ2n) is 3.54. The van der Waals surface area contributed by atoms with Crippen molar-refractivity contribution in [2.24, 2.45) is 0 Å². The average Bonchev–Trinajstić information content (AvgIpc) is 2.59. The number of rotatable bonds is 3. The van der Waals surface area contributed by atoms with Crippen LogP contribution in [-0.4, -0.2) is 34.6 Å². The molecule has 2 heterocycles. The number of thiophene rings is 1. The second-order valence-corrected chi connectivity index (χ2v) is 4.42. The maximum atomic E-state index is 10.6. The van der Waals surface area contributed by atoms with Crippen molar-refractivity contribution in [2.45, 2.75) is 6.92 Å². The van der Waals surface area contributed by atoms with Crippen LogP contribution < -0.4 is 4.90 Å². The largest absolute Gasteiger partial charge is 0.480 e. The normalized spacial score (nSPS) is 10.6. The van der Waals surface area contributed by atoms with E-state index in [0.29, 0.717) is 5.82 Å². The first-order valence-corrected chi connectivity index (χ1v) is 5.59. The molecule has 0 aromatic carbocycles. The number of carboxylic acids is 1. The standard InChI is InChI=1S/C10H11N3O2S/c1-6-4-16-9-8(6)11-5-12-10(9)13(2)3-7(14)15/h4-5H,3H2,1-2H3,(H,14,15). The zero-order valence-corrected chi connectivity index (χ0v) is 9.78. The molecule has 0 amide bonds. The van der Waals surface area contributed by atoms with E-state index in [1.807, 2.05) is 12.3 Å². The van der Waals surface area contributed by atoms with Gasteiger partial charge in [-0.3, -0.25) is 4.79 Å². The molecule has 0 unspecified atom stereocenters. The molecule has 0 bridgehead atoms. The summed E-state index contributed by atoms with van der Waals surface area (Å²) in [6.07, 6.45) is 1.47. The Hall–Kier alpha value is -1.69. The summed E-state index contributed by atoms with van der Waals surface area (Å²) in [4.78, 5) is 20.6. The summed E-state index contributed by atoms with van der Waals surface area (Å²) < 4.78 is 0.934. The summed E-state index contributed by atoms with van der Waals surface area (Å²) in [5, 5.41) is 10.7.